The number of primary amides is 1. The van der Waals surface area contributed by atoms with Gasteiger partial charge >= 0.3 is 0 Å². The summed E-state index contributed by atoms with van der Waals surface area (Å²) in [6, 6.07) is -13.0. The third-order valence-corrected chi connectivity index (χ3v) is 11.8. The van der Waals surface area contributed by atoms with Crippen LogP contribution in [-0.4, -0.2) is 223 Å². The van der Waals surface area contributed by atoms with Crippen molar-refractivity contribution in [3.63, 3.8) is 0 Å². The molecule has 0 bridgehead atoms. The highest BCUT2D eigenvalue weighted by Crippen LogP contribution is 2.25. The molecule has 2 aliphatic rings. The lowest BCUT2D eigenvalue weighted by Gasteiger charge is -2.43. The first kappa shape index (κ1) is 61.5. The number of likely N-dealkylation sites (tertiary alicyclic amines) is 1. The van der Waals surface area contributed by atoms with E-state index in [9.17, 15) is 83.7 Å². The Morgan fingerprint density at radius 1 is 0.704 bits per heavy atom. The molecule has 2 aliphatic heterocycles. The van der Waals surface area contributed by atoms with E-state index in [4.69, 9.17) is 15.2 Å². The van der Waals surface area contributed by atoms with E-state index in [1.54, 1.807) is 13.8 Å². The molecule has 2 heterocycles. The number of carbonyl (C=O) groups is 10. The molecule has 0 aromatic rings. The van der Waals surface area contributed by atoms with Crippen LogP contribution >= 0.6 is 0 Å². The number of aliphatic hydroxyl groups is 7. The molecule has 2 fully saturated rings. The largest absolute Gasteiger partial charge is 0.394 e. The number of hydrogen-bond acceptors (Lipinski definition) is 19. The zero-order chi connectivity index (χ0) is 54.2. The van der Waals surface area contributed by atoms with Gasteiger partial charge in [0.25, 0.3) is 0 Å². The number of amides is 10. The van der Waals surface area contributed by atoms with Crippen LogP contribution < -0.4 is 48.3 Å². The Morgan fingerprint density at radius 3 is 1.76 bits per heavy atom. The number of ether oxygens (including phenoxy) is 2. The number of rotatable bonds is 26. The van der Waals surface area contributed by atoms with Gasteiger partial charge in [0.1, 0.15) is 66.6 Å². The Morgan fingerprint density at radius 2 is 1.25 bits per heavy atom. The van der Waals surface area contributed by atoms with Crippen molar-refractivity contribution >= 4 is 59.1 Å². The number of aliphatic hydroxyl groups excluding tert-OH is 7. The smallest absolute Gasteiger partial charge is 0.248 e. The molecule has 0 saturated carbocycles. The van der Waals surface area contributed by atoms with Crippen molar-refractivity contribution in [2.75, 3.05) is 26.3 Å². The Bertz CT molecular complexity index is 1890. The molecule has 0 spiro atoms. The van der Waals surface area contributed by atoms with Crippen molar-refractivity contribution < 1.29 is 93.2 Å². The van der Waals surface area contributed by atoms with Gasteiger partial charge in [-0.3, -0.25) is 47.9 Å². The predicted molar refractivity (Wildman–Crippen MR) is 242 cm³/mol. The second-order valence-corrected chi connectivity index (χ2v) is 17.6. The summed E-state index contributed by atoms with van der Waals surface area (Å²) in [5, 5.41) is 90.7. The molecule has 404 valence electrons. The van der Waals surface area contributed by atoms with Gasteiger partial charge in [0.2, 0.25) is 59.1 Å². The fourth-order valence-corrected chi connectivity index (χ4v) is 7.55. The second kappa shape index (κ2) is 28.4. The van der Waals surface area contributed by atoms with E-state index in [-0.39, 0.29) is 19.4 Å². The maximum absolute atomic E-state index is 14.1. The molecule has 0 unspecified atom stereocenters. The van der Waals surface area contributed by atoms with E-state index < -0.39 is 182 Å². The van der Waals surface area contributed by atoms with Gasteiger partial charge in [0, 0.05) is 20.4 Å². The van der Waals surface area contributed by atoms with Crippen LogP contribution in [0.1, 0.15) is 74.7 Å². The summed E-state index contributed by atoms with van der Waals surface area (Å²) >= 11 is 0. The number of nitrogens with zero attached hydrogens (tertiary/aromatic N) is 1. The molecule has 0 radical (unpaired) electrons. The van der Waals surface area contributed by atoms with E-state index in [2.05, 4.69) is 42.5 Å². The van der Waals surface area contributed by atoms with Crippen LogP contribution in [0.15, 0.2) is 0 Å². The van der Waals surface area contributed by atoms with Crippen molar-refractivity contribution in [3.05, 3.63) is 0 Å². The van der Waals surface area contributed by atoms with Crippen LogP contribution in [-0.2, 0) is 57.4 Å². The minimum Gasteiger partial charge on any atom is -0.394 e. The normalized spacial score (nSPS) is 24.6. The van der Waals surface area contributed by atoms with Gasteiger partial charge in [-0.25, -0.2) is 0 Å². The highest BCUT2D eigenvalue weighted by atomic mass is 16.7. The second-order valence-electron chi connectivity index (χ2n) is 17.6. The minimum atomic E-state index is -1.95. The Balaban J connectivity index is 2.37. The molecule has 17 atom stereocenters. The van der Waals surface area contributed by atoms with E-state index in [1.807, 2.05) is 0 Å². The molecule has 71 heavy (non-hydrogen) atoms. The number of carbonyl (C=O) groups excluding carboxylic acids is 10. The predicted octanol–water partition coefficient (Wildman–Crippen LogP) is -8.96. The van der Waals surface area contributed by atoms with Crippen LogP contribution in [0.2, 0.25) is 0 Å². The lowest BCUT2D eigenvalue weighted by atomic mass is 9.96. The van der Waals surface area contributed by atoms with Crippen molar-refractivity contribution in [2.24, 2.45) is 11.7 Å². The van der Waals surface area contributed by atoms with Gasteiger partial charge in [-0.15, -0.1) is 0 Å². The number of nitrogens with two attached hydrogens (primary N) is 1. The van der Waals surface area contributed by atoms with Crippen LogP contribution in [0.4, 0.5) is 0 Å². The highest BCUT2D eigenvalue weighted by Gasteiger charge is 2.48. The lowest BCUT2D eigenvalue weighted by molar-refractivity contribution is -0.281. The highest BCUT2D eigenvalue weighted by molar-refractivity contribution is 5.98. The average Bonchev–Trinajstić information content (AvgIpc) is 3.80. The molecule has 29 heteroatoms. The molecule has 29 nitrogen and oxygen atoms in total. The first-order valence-electron chi connectivity index (χ1n) is 23.0. The lowest BCUT2D eigenvalue weighted by Crippen LogP contribution is -2.66. The van der Waals surface area contributed by atoms with Gasteiger partial charge in [0.05, 0.1) is 44.2 Å². The summed E-state index contributed by atoms with van der Waals surface area (Å²) in [6.45, 7) is 7.55. The fraction of sp³-hybridized carbons (Fsp3) is 0.762. The van der Waals surface area contributed by atoms with Crippen molar-refractivity contribution in [2.45, 2.75) is 172 Å². The summed E-state index contributed by atoms with van der Waals surface area (Å²) in [4.78, 5) is 132. The summed E-state index contributed by atoms with van der Waals surface area (Å²) in [7, 11) is 0. The summed E-state index contributed by atoms with van der Waals surface area (Å²) in [5.41, 5.74) is 5.23. The minimum absolute atomic E-state index is 0.0434. The molecule has 0 aromatic carbocycles. The first-order chi connectivity index (χ1) is 33.1. The van der Waals surface area contributed by atoms with Gasteiger partial charge in [0.15, 0.2) is 6.29 Å². The van der Waals surface area contributed by atoms with Crippen LogP contribution in [0.5, 0.6) is 0 Å². The molecule has 10 amide bonds. The maximum atomic E-state index is 14.1. The van der Waals surface area contributed by atoms with Crippen LogP contribution in [0, 0.1) is 5.92 Å². The van der Waals surface area contributed by atoms with Crippen LogP contribution in [0.3, 0.4) is 0 Å². The summed E-state index contributed by atoms with van der Waals surface area (Å²) in [6.07, 6.45) is -12.4. The molecule has 17 N–H and O–H groups in total. The van der Waals surface area contributed by atoms with Crippen LogP contribution in [0.25, 0.3) is 0 Å². The van der Waals surface area contributed by atoms with E-state index in [0.717, 1.165) is 32.6 Å². The zero-order valence-electron chi connectivity index (χ0n) is 40.8. The number of hydrogen-bond donors (Lipinski definition) is 16. The Labute approximate surface area is 409 Å². The zero-order valence-corrected chi connectivity index (χ0v) is 40.8. The number of nitrogens with one attached hydrogen (secondary N) is 8. The van der Waals surface area contributed by atoms with Gasteiger partial charge in [-0.1, -0.05) is 20.3 Å². The Hall–Kier alpha value is -5.66. The topological polar surface area (TPSA) is 456 Å². The molecule has 0 aliphatic carbocycles. The van der Waals surface area contributed by atoms with E-state index >= 15 is 0 Å². The van der Waals surface area contributed by atoms with Crippen molar-refractivity contribution in [1.82, 2.24) is 47.4 Å². The summed E-state index contributed by atoms with van der Waals surface area (Å²) in [5.74, 6) is -10.3. The average molecular weight is 1020 g/mol. The third kappa shape index (κ3) is 17.6. The van der Waals surface area contributed by atoms with Crippen molar-refractivity contribution in [1.29, 1.82) is 0 Å². The van der Waals surface area contributed by atoms with E-state index in [0.29, 0.717) is 6.42 Å². The monoisotopic (exact) mass is 1020 g/mol. The standard InChI is InChI=1S/C42H72N10O19/c1-9-16(2)27(38(66)46-23(14-53)36(64)49-28(17(3)55)35(43)63)48-37(65)24-11-10-12-52(24)41(69)30(19(5)57)51-39(67)29(18(4)56)50-40(68)31(47-26(60)13-44-21(7)58)20(6)70-42-32(45-22(8)59)34(62)33(61)25(15-54)71-42/h16-20,23-25,27-34,42,53-57,61-62H,9-15H2,1-8H3,(H2,43,63)(H,44,58)(H,45,59)(H,46,66)(H,47,60)(H,48,65)(H,49,64)(H,50,68)(H,51,67)/t16-,17+,18+,19+,20+,23-,24-,25+,27-,28-,29-,30-,31-,32+,33-,34+,42-/m0/s1. The summed E-state index contributed by atoms with van der Waals surface area (Å²) < 4.78 is 11.4. The fourth-order valence-electron chi connectivity index (χ4n) is 7.55. The first-order valence-corrected chi connectivity index (χ1v) is 23.0. The maximum Gasteiger partial charge on any atom is 0.248 e. The molecular weight excluding hydrogens is 949 g/mol. The molecule has 2 rings (SSSR count). The van der Waals surface area contributed by atoms with E-state index in [1.165, 1.54) is 13.8 Å². The molecular formula is C42H72N10O19. The Kier molecular flexibility index (Phi) is 24.6. The quantitative estimate of drug-likeness (QED) is 0.0383. The van der Waals surface area contributed by atoms with Crippen molar-refractivity contribution in [3.8, 4) is 0 Å². The third-order valence-electron chi connectivity index (χ3n) is 11.8. The van der Waals surface area contributed by atoms with Gasteiger partial charge in [-0.05, 0) is 46.5 Å². The molecule has 0 aromatic heterocycles. The van der Waals surface area contributed by atoms with Gasteiger partial charge < -0.3 is 98.4 Å². The van der Waals surface area contributed by atoms with Gasteiger partial charge in [-0.2, -0.15) is 0 Å². The SMILES string of the molecule is CC[C@H](C)[C@H](NC(=O)[C@@H]1CCCN1C(=O)[C@@H](NC(=O)[C@@H](NC(=O)[C@@H](NC(=O)CNC(C)=O)[C@@H](C)O[C@H]1O[C@H](CO)[C@H](O)[C@H](O)[C@H]1NC(C)=O)[C@@H](C)O)[C@@H](C)O)C(=O)N[C@@H](CO)C(=O)N[C@H](C(N)=O)[C@@H](C)O. The molecule has 2 saturated heterocycles.